The van der Waals surface area contributed by atoms with Gasteiger partial charge in [0, 0.05) is 11.9 Å². The zero-order valence-corrected chi connectivity index (χ0v) is 24.1. The molecule has 0 aliphatic heterocycles. The number of allylic oxidation sites excluding steroid dienone is 2. The molecule has 3 unspecified atom stereocenters. The number of carbonyl (C=O) groups is 3. The van der Waals surface area contributed by atoms with Crippen molar-refractivity contribution in [2.24, 2.45) is 17.8 Å². The summed E-state index contributed by atoms with van der Waals surface area (Å²) in [5, 5.41) is 30.4. The number of rotatable bonds is 25. The van der Waals surface area contributed by atoms with Gasteiger partial charge < -0.3 is 24.6 Å². The number of unbranched alkanes of at least 4 members (excludes halogenated alkanes) is 12. The van der Waals surface area contributed by atoms with Gasteiger partial charge in [-0.25, -0.2) is 0 Å². The van der Waals surface area contributed by atoms with Crippen molar-refractivity contribution in [2.45, 2.75) is 118 Å². The van der Waals surface area contributed by atoms with Crippen molar-refractivity contribution in [3.8, 4) is 0 Å². The summed E-state index contributed by atoms with van der Waals surface area (Å²) in [5.41, 5.74) is 0. The van der Waals surface area contributed by atoms with Crippen LogP contribution in [-0.2, 0) is 14.4 Å². The molecule has 0 rings (SSSR count). The van der Waals surface area contributed by atoms with Gasteiger partial charge in [0.15, 0.2) is 0 Å². The Morgan fingerprint density at radius 1 is 0.649 bits per heavy atom. The molecule has 0 saturated carbocycles. The summed E-state index contributed by atoms with van der Waals surface area (Å²) < 4.78 is 0.171. The summed E-state index contributed by atoms with van der Waals surface area (Å²) in [7, 11) is 0. The van der Waals surface area contributed by atoms with E-state index in [2.05, 4.69) is 19.1 Å². The van der Waals surface area contributed by atoms with Crippen molar-refractivity contribution >= 4 is 17.9 Å². The predicted molar refractivity (Wildman–Crippen MR) is 147 cm³/mol. The first kappa shape index (κ1) is 35.1. The summed E-state index contributed by atoms with van der Waals surface area (Å²) >= 11 is 0. The minimum absolute atomic E-state index is 0.171. The SMILES string of the molecule is CCCCCCCCCCC/C=C/CCCCC[N+](CC(C)C(=O)[O-])(CC(C)C(=O)O)CC(C)C(=O)O. The van der Waals surface area contributed by atoms with Gasteiger partial charge in [0.2, 0.25) is 0 Å². The summed E-state index contributed by atoms with van der Waals surface area (Å²) in [6.45, 7) is 8.17. The molecule has 0 aromatic carbocycles. The van der Waals surface area contributed by atoms with Crippen LogP contribution in [0.3, 0.4) is 0 Å². The molecule has 0 saturated heterocycles. The molecule has 2 N–H and O–H groups in total. The first-order valence-electron chi connectivity index (χ1n) is 14.7. The van der Waals surface area contributed by atoms with Crippen LogP contribution in [0.5, 0.6) is 0 Å². The lowest BCUT2D eigenvalue weighted by Gasteiger charge is -2.43. The first-order chi connectivity index (χ1) is 17.5. The van der Waals surface area contributed by atoms with Gasteiger partial charge in [0.25, 0.3) is 0 Å². The van der Waals surface area contributed by atoms with Gasteiger partial charge in [-0.2, -0.15) is 0 Å². The number of aliphatic carboxylic acids is 3. The third kappa shape index (κ3) is 18.1. The third-order valence-electron chi connectivity index (χ3n) is 7.37. The second kappa shape index (κ2) is 21.1. The fourth-order valence-electron chi connectivity index (χ4n) is 5.17. The van der Waals surface area contributed by atoms with Gasteiger partial charge in [-0.05, 0) is 52.4 Å². The van der Waals surface area contributed by atoms with Crippen LogP contribution in [0.4, 0.5) is 0 Å². The highest BCUT2D eigenvalue weighted by Gasteiger charge is 2.36. The number of hydrogen-bond acceptors (Lipinski definition) is 4. The van der Waals surface area contributed by atoms with Crippen molar-refractivity contribution < 1.29 is 34.2 Å². The van der Waals surface area contributed by atoms with E-state index in [1.54, 1.807) is 20.8 Å². The van der Waals surface area contributed by atoms with Crippen LogP contribution in [0.2, 0.25) is 0 Å². The van der Waals surface area contributed by atoms with E-state index in [1.807, 2.05) is 0 Å². The lowest BCUT2D eigenvalue weighted by molar-refractivity contribution is -0.934. The minimum atomic E-state index is -1.19. The summed E-state index contributed by atoms with van der Waals surface area (Å²) in [4.78, 5) is 34.6. The Labute approximate surface area is 225 Å². The Bertz CT molecular complexity index is 607. The molecule has 0 heterocycles. The van der Waals surface area contributed by atoms with E-state index in [1.165, 1.54) is 57.8 Å². The highest BCUT2D eigenvalue weighted by atomic mass is 16.4. The molecule has 3 atom stereocenters. The van der Waals surface area contributed by atoms with E-state index in [0.717, 1.165) is 32.1 Å². The molecular weight excluding hydrogens is 470 g/mol. The van der Waals surface area contributed by atoms with Crippen molar-refractivity contribution in [1.82, 2.24) is 0 Å². The Morgan fingerprint density at radius 3 is 1.43 bits per heavy atom. The predicted octanol–water partition coefficient (Wildman–Crippen LogP) is 5.67. The fourth-order valence-corrected chi connectivity index (χ4v) is 5.17. The third-order valence-corrected chi connectivity index (χ3v) is 7.37. The lowest BCUT2D eigenvalue weighted by Crippen LogP contribution is -2.58. The van der Waals surface area contributed by atoms with E-state index in [0.29, 0.717) is 6.54 Å². The number of carbonyl (C=O) groups excluding carboxylic acids is 1. The van der Waals surface area contributed by atoms with E-state index in [9.17, 15) is 29.7 Å². The zero-order chi connectivity index (χ0) is 28.1. The Morgan fingerprint density at radius 2 is 1.03 bits per heavy atom. The average molecular weight is 526 g/mol. The molecule has 216 valence electrons. The second-order valence-electron chi connectivity index (χ2n) is 11.2. The number of carboxylic acid groups (broad SMARTS) is 3. The van der Waals surface area contributed by atoms with E-state index >= 15 is 0 Å². The average Bonchev–Trinajstić information content (AvgIpc) is 2.83. The van der Waals surface area contributed by atoms with Crippen LogP contribution in [0.1, 0.15) is 118 Å². The van der Waals surface area contributed by atoms with Crippen molar-refractivity contribution in [3.05, 3.63) is 12.2 Å². The molecule has 0 aromatic rings. The summed E-state index contributed by atoms with van der Waals surface area (Å²) in [6, 6.07) is 0. The molecule has 0 spiro atoms. The maximum Gasteiger partial charge on any atom is 0.311 e. The largest absolute Gasteiger partial charge is 0.550 e. The molecule has 0 bridgehead atoms. The number of hydrogen-bond donors (Lipinski definition) is 2. The number of quaternary nitrogens is 1. The van der Waals surface area contributed by atoms with Gasteiger partial charge >= 0.3 is 11.9 Å². The number of carboxylic acids is 3. The molecular formula is C30H55NO6. The van der Waals surface area contributed by atoms with Crippen LogP contribution >= 0.6 is 0 Å². The highest BCUT2D eigenvalue weighted by molar-refractivity contribution is 5.70. The normalized spacial score (nSPS) is 15.8. The van der Waals surface area contributed by atoms with Gasteiger partial charge in [0.05, 0.1) is 26.2 Å². The quantitative estimate of drug-likeness (QED) is 0.0902. The summed E-state index contributed by atoms with van der Waals surface area (Å²) in [5.74, 6) is -5.28. The van der Waals surface area contributed by atoms with E-state index < -0.39 is 35.7 Å². The molecule has 0 aromatic heterocycles. The topological polar surface area (TPSA) is 115 Å². The maximum atomic E-state index is 11.6. The molecule has 0 aliphatic carbocycles. The van der Waals surface area contributed by atoms with Crippen molar-refractivity contribution in [2.75, 3.05) is 26.2 Å². The maximum absolute atomic E-state index is 11.6. The fraction of sp³-hybridized carbons (Fsp3) is 0.833. The second-order valence-corrected chi connectivity index (χ2v) is 11.2. The number of nitrogens with zero attached hydrogens (tertiary/aromatic N) is 1. The van der Waals surface area contributed by atoms with Gasteiger partial charge in [-0.15, -0.1) is 0 Å². The molecule has 7 nitrogen and oxygen atoms in total. The standard InChI is InChI=1S/C30H55NO6/c1-5-6-7-8-9-10-11-12-13-14-15-16-17-18-19-20-21-31(22-25(2)28(32)33,23-26(3)29(34)35)24-27(4)30(36)37/h15-16,25-27H,5-14,17-24H2,1-4H3,(H2-,32,33,34,35,36,37)/b16-15+. The molecule has 7 heteroatoms. The monoisotopic (exact) mass is 525 g/mol. The van der Waals surface area contributed by atoms with Gasteiger partial charge in [-0.1, -0.05) is 77.4 Å². The molecule has 0 aliphatic rings. The van der Waals surface area contributed by atoms with Crippen LogP contribution in [0.15, 0.2) is 12.2 Å². The van der Waals surface area contributed by atoms with Crippen LogP contribution in [0, 0.1) is 17.8 Å². The zero-order valence-electron chi connectivity index (χ0n) is 24.1. The highest BCUT2D eigenvalue weighted by Crippen LogP contribution is 2.22. The lowest BCUT2D eigenvalue weighted by atomic mass is 10.0. The van der Waals surface area contributed by atoms with E-state index in [4.69, 9.17) is 0 Å². The van der Waals surface area contributed by atoms with Gasteiger partial charge in [-0.3, -0.25) is 9.59 Å². The minimum Gasteiger partial charge on any atom is -0.550 e. The van der Waals surface area contributed by atoms with Crippen molar-refractivity contribution in [1.29, 1.82) is 0 Å². The first-order valence-corrected chi connectivity index (χ1v) is 14.7. The Balaban J connectivity index is 4.57. The molecule has 0 fully saturated rings. The van der Waals surface area contributed by atoms with Crippen LogP contribution in [0.25, 0.3) is 0 Å². The molecule has 0 amide bonds. The Kier molecular flexibility index (Phi) is 20.0. The smallest absolute Gasteiger partial charge is 0.311 e. The van der Waals surface area contributed by atoms with Crippen molar-refractivity contribution in [3.63, 3.8) is 0 Å². The van der Waals surface area contributed by atoms with E-state index in [-0.39, 0.29) is 24.1 Å². The van der Waals surface area contributed by atoms with Crippen LogP contribution < -0.4 is 5.11 Å². The van der Waals surface area contributed by atoms with Gasteiger partial charge in [0.1, 0.15) is 11.8 Å². The molecule has 0 radical (unpaired) electrons. The Hall–Kier alpha value is -1.89. The molecule has 37 heavy (non-hydrogen) atoms. The van der Waals surface area contributed by atoms with Crippen LogP contribution in [-0.4, -0.2) is 58.8 Å². The summed E-state index contributed by atoms with van der Waals surface area (Å²) in [6.07, 6.45) is 21.4.